The van der Waals surface area contributed by atoms with Crippen molar-refractivity contribution in [2.24, 2.45) is 0 Å². The summed E-state index contributed by atoms with van der Waals surface area (Å²) in [7, 11) is 0. The van der Waals surface area contributed by atoms with Crippen LogP contribution in [0.4, 0.5) is 0 Å². The molecule has 0 bridgehead atoms. The number of halogens is 1. The molecule has 0 aliphatic carbocycles. The largest absolute Gasteiger partial charge is 1.00 e. The highest BCUT2D eigenvalue weighted by Gasteiger charge is 2.11. The van der Waals surface area contributed by atoms with Crippen LogP contribution in [0.5, 0.6) is 0 Å². The zero-order valence-electron chi connectivity index (χ0n) is 10.4. The van der Waals surface area contributed by atoms with E-state index in [1.165, 1.54) is 0 Å². The summed E-state index contributed by atoms with van der Waals surface area (Å²) in [6, 6.07) is 11.8. The fourth-order valence-electron chi connectivity index (χ4n) is 2.20. The van der Waals surface area contributed by atoms with Gasteiger partial charge in [0.25, 0.3) is 0 Å². The highest BCUT2D eigenvalue weighted by molar-refractivity contribution is 6.01. The number of carbonyl (C=O) groups is 1. The quantitative estimate of drug-likeness (QED) is 0.641. The van der Waals surface area contributed by atoms with Crippen LogP contribution in [-0.2, 0) is 0 Å². The molecule has 0 unspecified atom stereocenters. The van der Waals surface area contributed by atoms with E-state index in [4.69, 9.17) is 0 Å². The van der Waals surface area contributed by atoms with E-state index >= 15 is 0 Å². The van der Waals surface area contributed by atoms with Gasteiger partial charge < -0.3 is 12.4 Å². The molecule has 96 valence electrons. The maximum absolute atomic E-state index is 11.7. The number of rotatable bonds is 1. The molecule has 2 aromatic heterocycles. The van der Waals surface area contributed by atoms with E-state index in [9.17, 15) is 4.79 Å². The van der Waals surface area contributed by atoms with Crippen LogP contribution in [0.25, 0.3) is 22.0 Å². The van der Waals surface area contributed by atoms with Crippen molar-refractivity contribution in [3.05, 3.63) is 55.0 Å². The van der Waals surface area contributed by atoms with Crippen LogP contribution in [-0.4, -0.2) is 15.5 Å². The van der Waals surface area contributed by atoms with E-state index in [1.54, 1.807) is 23.9 Å². The van der Waals surface area contributed by atoms with E-state index in [2.05, 4.69) is 4.98 Å². The summed E-state index contributed by atoms with van der Waals surface area (Å²) in [6.07, 6.45) is 5.41. The molecule has 0 radical (unpaired) electrons. The molecule has 0 amide bonds. The normalized spacial score (nSPS) is 10.2. The Hall–Kier alpha value is -2.13. The zero-order chi connectivity index (χ0) is 12.5. The van der Waals surface area contributed by atoms with Crippen molar-refractivity contribution in [3.63, 3.8) is 0 Å². The highest BCUT2D eigenvalue weighted by Crippen LogP contribution is 2.29. The SMILES string of the molecule is CC(=O)n1cc(-c2ccncc2)c2ccccc21.[Cl-]. The third kappa shape index (κ3) is 2.25. The van der Waals surface area contributed by atoms with Gasteiger partial charge >= 0.3 is 0 Å². The summed E-state index contributed by atoms with van der Waals surface area (Å²) < 4.78 is 1.69. The number of carbonyl (C=O) groups excluding carboxylic acids is 1. The summed E-state index contributed by atoms with van der Waals surface area (Å²) in [6.45, 7) is 1.57. The summed E-state index contributed by atoms with van der Waals surface area (Å²) in [5.74, 6) is 0.0199. The van der Waals surface area contributed by atoms with E-state index < -0.39 is 0 Å². The standard InChI is InChI=1S/C15H12N2O.ClH/c1-11(18)17-10-14(12-6-8-16-9-7-12)13-4-2-3-5-15(13)17;/h2-10H,1H3;1H/p-1. The molecule has 4 heteroatoms. The van der Waals surface area contributed by atoms with Gasteiger partial charge in [0.15, 0.2) is 0 Å². The van der Waals surface area contributed by atoms with Crippen molar-refractivity contribution >= 4 is 16.8 Å². The number of pyridine rings is 1. The molecule has 19 heavy (non-hydrogen) atoms. The van der Waals surface area contributed by atoms with Crippen LogP contribution in [0.1, 0.15) is 11.7 Å². The third-order valence-electron chi connectivity index (χ3n) is 3.04. The number of nitrogens with zero attached hydrogens (tertiary/aromatic N) is 2. The Balaban J connectivity index is 0.00000133. The van der Waals surface area contributed by atoms with Crippen LogP contribution in [0.15, 0.2) is 55.0 Å². The van der Waals surface area contributed by atoms with Gasteiger partial charge in [-0.1, -0.05) is 18.2 Å². The van der Waals surface area contributed by atoms with E-state index in [-0.39, 0.29) is 18.3 Å². The van der Waals surface area contributed by atoms with Gasteiger partial charge in [0.05, 0.1) is 5.52 Å². The molecule has 3 aromatic rings. The van der Waals surface area contributed by atoms with E-state index in [0.29, 0.717) is 0 Å². The van der Waals surface area contributed by atoms with Crippen LogP contribution < -0.4 is 12.4 Å². The average molecular weight is 272 g/mol. The molecule has 2 heterocycles. The lowest BCUT2D eigenvalue weighted by Gasteiger charge is -1.97. The number of hydrogen-bond acceptors (Lipinski definition) is 2. The monoisotopic (exact) mass is 271 g/mol. The molecule has 0 fully saturated rings. The fraction of sp³-hybridized carbons (Fsp3) is 0.0667. The molecule has 0 N–H and O–H groups in total. The Labute approximate surface area is 117 Å². The first-order valence-electron chi connectivity index (χ1n) is 5.79. The van der Waals surface area contributed by atoms with Gasteiger partial charge in [-0.3, -0.25) is 14.3 Å². The highest BCUT2D eigenvalue weighted by atomic mass is 35.5. The minimum absolute atomic E-state index is 0. The smallest absolute Gasteiger partial charge is 0.227 e. The number of benzene rings is 1. The summed E-state index contributed by atoms with van der Waals surface area (Å²) >= 11 is 0. The molecule has 1 aromatic carbocycles. The molecule has 3 nitrogen and oxygen atoms in total. The fourth-order valence-corrected chi connectivity index (χ4v) is 2.20. The Bertz CT molecular complexity index is 719. The molecular weight excluding hydrogens is 260 g/mol. The lowest BCUT2D eigenvalue weighted by molar-refractivity contribution is -0.0000126. The molecule has 0 spiro atoms. The van der Waals surface area contributed by atoms with Gasteiger partial charge in [0, 0.05) is 36.5 Å². The Morgan fingerprint density at radius 1 is 1.11 bits per heavy atom. The predicted octanol–water partition coefficient (Wildman–Crippen LogP) is 0.367. The van der Waals surface area contributed by atoms with Crippen LogP contribution in [0, 0.1) is 0 Å². The second-order valence-electron chi connectivity index (χ2n) is 4.18. The lowest BCUT2D eigenvalue weighted by atomic mass is 10.1. The maximum atomic E-state index is 11.7. The average Bonchev–Trinajstić information content (AvgIpc) is 2.79. The van der Waals surface area contributed by atoms with Crippen LogP contribution in [0.2, 0.25) is 0 Å². The van der Waals surface area contributed by atoms with Gasteiger partial charge in [-0.15, -0.1) is 0 Å². The third-order valence-corrected chi connectivity index (χ3v) is 3.04. The first kappa shape index (κ1) is 13.3. The molecule has 0 aliphatic heterocycles. The van der Waals surface area contributed by atoms with Crippen molar-refractivity contribution in [3.8, 4) is 11.1 Å². The molecule has 0 saturated carbocycles. The number of para-hydroxylation sites is 1. The Kier molecular flexibility index (Phi) is 3.67. The van der Waals surface area contributed by atoms with Crippen molar-refractivity contribution in [1.82, 2.24) is 9.55 Å². The summed E-state index contributed by atoms with van der Waals surface area (Å²) in [5, 5.41) is 1.08. The Morgan fingerprint density at radius 2 is 1.79 bits per heavy atom. The molecule has 0 saturated heterocycles. The first-order valence-corrected chi connectivity index (χ1v) is 5.79. The van der Waals surface area contributed by atoms with Crippen LogP contribution in [0.3, 0.4) is 0 Å². The minimum atomic E-state index is 0. The molecule has 0 atom stereocenters. The first-order chi connectivity index (χ1) is 8.77. The van der Waals surface area contributed by atoms with Crippen LogP contribution >= 0.6 is 0 Å². The van der Waals surface area contributed by atoms with Crippen molar-refractivity contribution in [2.45, 2.75) is 6.92 Å². The Morgan fingerprint density at radius 3 is 2.47 bits per heavy atom. The van der Waals surface area contributed by atoms with E-state index in [0.717, 1.165) is 22.0 Å². The number of aromatic nitrogens is 2. The van der Waals surface area contributed by atoms with E-state index in [1.807, 2.05) is 42.6 Å². The van der Waals surface area contributed by atoms with Gasteiger partial charge in [-0.25, -0.2) is 0 Å². The van der Waals surface area contributed by atoms with Gasteiger partial charge in [0.2, 0.25) is 5.91 Å². The summed E-state index contributed by atoms with van der Waals surface area (Å²) in [4.78, 5) is 15.7. The van der Waals surface area contributed by atoms with Crippen molar-refractivity contribution < 1.29 is 17.2 Å². The van der Waals surface area contributed by atoms with Crippen molar-refractivity contribution in [1.29, 1.82) is 0 Å². The topological polar surface area (TPSA) is 34.9 Å². The second-order valence-corrected chi connectivity index (χ2v) is 4.18. The molecular formula is C15H12ClN2O-. The zero-order valence-corrected chi connectivity index (χ0v) is 11.1. The molecule has 0 aliphatic rings. The van der Waals surface area contributed by atoms with Gasteiger partial charge in [-0.05, 0) is 23.8 Å². The second kappa shape index (κ2) is 5.24. The molecule has 3 rings (SSSR count). The maximum Gasteiger partial charge on any atom is 0.227 e. The van der Waals surface area contributed by atoms with Crippen molar-refractivity contribution in [2.75, 3.05) is 0 Å². The summed E-state index contributed by atoms with van der Waals surface area (Å²) in [5.41, 5.74) is 3.07. The predicted molar refractivity (Wildman–Crippen MR) is 71.5 cm³/mol. The number of hydrogen-bond donors (Lipinski definition) is 0. The number of fused-ring (bicyclic) bond motifs is 1. The van der Waals surface area contributed by atoms with Gasteiger partial charge in [-0.2, -0.15) is 0 Å². The lowest BCUT2D eigenvalue weighted by Crippen LogP contribution is -3.00. The van der Waals surface area contributed by atoms with Gasteiger partial charge in [0.1, 0.15) is 0 Å². The minimum Gasteiger partial charge on any atom is -1.00 e.